The summed E-state index contributed by atoms with van der Waals surface area (Å²) in [6.07, 6.45) is 1.99. The molecule has 0 spiro atoms. The van der Waals surface area contributed by atoms with Crippen LogP contribution < -0.4 is 0 Å². The molecular formula is C10H18N2OS. The Morgan fingerprint density at radius 2 is 2.14 bits per heavy atom. The van der Waals surface area contributed by atoms with E-state index in [0.29, 0.717) is 12.5 Å². The molecule has 0 aromatic carbocycles. The molecule has 0 aliphatic rings. The van der Waals surface area contributed by atoms with Crippen LogP contribution >= 0.6 is 12.2 Å². The average Bonchev–Trinajstić information content (AvgIpc) is 2.47. The second-order valence-electron chi connectivity index (χ2n) is 3.85. The van der Waals surface area contributed by atoms with Crippen LogP contribution in [0.3, 0.4) is 0 Å². The van der Waals surface area contributed by atoms with Gasteiger partial charge in [0.25, 0.3) is 0 Å². The third-order valence-electron chi connectivity index (χ3n) is 2.28. The minimum atomic E-state index is 0.288. The van der Waals surface area contributed by atoms with Crippen molar-refractivity contribution >= 4 is 12.2 Å². The van der Waals surface area contributed by atoms with E-state index in [2.05, 4.69) is 30.3 Å². The fourth-order valence-corrected chi connectivity index (χ4v) is 1.95. The smallest absolute Gasteiger partial charge is 0.177 e. The summed E-state index contributed by atoms with van der Waals surface area (Å²) in [5.74, 6) is 0.474. The van der Waals surface area contributed by atoms with Gasteiger partial charge in [-0.2, -0.15) is 0 Å². The van der Waals surface area contributed by atoms with Gasteiger partial charge in [-0.25, -0.2) is 0 Å². The molecule has 3 nitrogen and oxygen atoms in total. The molecule has 1 unspecified atom stereocenters. The van der Waals surface area contributed by atoms with Crippen LogP contribution in [0.5, 0.6) is 0 Å². The molecule has 1 N–H and O–H groups in total. The predicted octanol–water partition coefficient (Wildman–Crippen LogP) is 2.88. The van der Waals surface area contributed by atoms with Gasteiger partial charge in [-0.3, -0.25) is 0 Å². The van der Waals surface area contributed by atoms with Gasteiger partial charge in [-0.1, -0.05) is 13.8 Å². The van der Waals surface area contributed by atoms with E-state index in [4.69, 9.17) is 17.0 Å². The highest BCUT2D eigenvalue weighted by atomic mass is 32.1. The van der Waals surface area contributed by atoms with Crippen LogP contribution in [0.1, 0.15) is 38.4 Å². The third kappa shape index (κ3) is 2.25. The van der Waals surface area contributed by atoms with Gasteiger partial charge in [0.15, 0.2) is 4.77 Å². The number of hydrogen-bond acceptors (Lipinski definition) is 2. The van der Waals surface area contributed by atoms with E-state index in [-0.39, 0.29) is 6.04 Å². The molecule has 1 heterocycles. The van der Waals surface area contributed by atoms with Gasteiger partial charge in [-0.15, -0.1) is 0 Å². The fraction of sp³-hybridized carbons (Fsp3) is 0.700. The van der Waals surface area contributed by atoms with Crippen LogP contribution in [-0.4, -0.2) is 23.3 Å². The highest BCUT2D eigenvalue weighted by Crippen LogP contribution is 2.19. The van der Waals surface area contributed by atoms with E-state index < -0.39 is 0 Å². The highest BCUT2D eigenvalue weighted by molar-refractivity contribution is 7.71. The SMILES string of the molecule is COCC(C)n1c(C(C)C)c[nH]c1=S. The zero-order valence-electron chi connectivity index (χ0n) is 9.20. The van der Waals surface area contributed by atoms with Crippen LogP contribution in [0.4, 0.5) is 0 Å². The van der Waals surface area contributed by atoms with Crippen molar-refractivity contribution in [1.82, 2.24) is 9.55 Å². The van der Waals surface area contributed by atoms with Gasteiger partial charge in [0.1, 0.15) is 0 Å². The molecule has 14 heavy (non-hydrogen) atoms. The molecule has 0 aliphatic carbocycles. The Morgan fingerprint density at radius 3 is 2.64 bits per heavy atom. The summed E-state index contributed by atoms with van der Waals surface area (Å²) in [7, 11) is 1.71. The van der Waals surface area contributed by atoms with Gasteiger partial charge in [0.2, 0.25) is 0 Å². The zero-order chi connectivity index (χ0) is 10.7. The Morgan fingerprint density at radius 1 is 1.50 bits per heavy atom. The largest absolute Gasteiger partial charge is 0.383 e. The van der Waals surface area contributed by atoms with E-state index in [9.17, 15) is 0 Å². The second-order valence-corrected chi connectivity index (χ2v) is 4.23. The Bertz CT molecular complexity index is 340. The number of nitrogens with one attached hydrogen (secondary N) is 1. The number of H-pyrrole nitrogens is 1. The number of ether oxygens (including phenoxy) is 1. The second kappa shape index (κ2) is 4.75. The molecule has 0 saturated carbocycles. The Labute approximate surface area is 90.1 Å². The van der Waals surface area contributed by atoms with E-state index in [1.807, 2.05) is 6.20 Å². The predicted molar refractivity (Wildman–Crippen MR) is 60.3 cm³/mol. The van der Waals surface area contributed by atoms with Crippen LogP contribution in [0.25, 0.3) is 0 Å². The zero-order valence-corrected chi connectivity index (χ0v) is 10.0. The summed E-state index contributed by atoms with van der Waals surface area (Å²) in [6.45, 7) is 7.12. The lowest BCUT2D eigenvalue weighted by molar-refractivity contribution is 0.160. The van der Waals surface area contributed by atoms with E-state index >= 15 is 0 Å². The number of aromatic amines is 1. The summed E-state index contributed by atoms with van der Waals surface area (Å²) in [5.41, 5.74) is 1.24. The molecule has 80 valence electrons. The summed E-state index contributed by atoms with van der Waals surface area (Å²) < 4.78 is 8.04. The van der Waals surface area contributed by atoms with Crippen molar-refractivity contribution in [3.05, 3.63) is 16.7 Å². The standard InChI is InChI=1S/C10H18N2OS/c1-7(2)9-5-11-10(14)12(9)8(3)6-13-4/h5,7-8H,6H2,1-4H3,(H,11,14). The quantitative estimate of drug-likeness (QED) is 0.781. The highest BCUT2D eigenvalue weighted by Gasteiger charge is 2.12. The number of rotatable bonds is 4. The fourth-order valence-electron chi connectivity index (χ4n) is 1.61. The van der Waals surface area contributed by atoms with Crippen molar-refractivity contribution in [3.63, 3.8) is 0 Å². The summed E-state index contributed by atoms with van der Waals surface area (Å²) in [6, 6.07) is 0.288. The van der Waals surface area contributed by atoms with Crippen LogP contribution in [0.2, 0.25) is 0 Å². The lowest BCUT2D eigenvalue weighted by Crippen LogP contribution is -2.14. The first-order valence-corrected chi connectivity index (χ1v) is 5.27. The van der Waals surface area contributed by atoms with Crippen LogP contribution in [-0.2, 0) is 4.74 Å². The number of methoxy groups -OCH3 is 1. The van der Waals surface area contributed by atoms with E-state index in [1.165, 1.54) is 5.69 Å². The number of hydrogen-bond donors (Lipinski definition) is 1. The summed E-state index contributed by atoms with van der Waals surface area (Å²) in [4.78, 5) is 3.08. The normalized spacial score (nSPS) is 13.5. The Balaban J connectivity index is 3.04. The first kappa shape index (κ1) is 11.5. The van der Waals surface area contributed by atoms with Crippen LogP contribution in [0, 0.1) is 4.77 Å². The third-order valence-corrected chi connectivity index (χ3v) is 2.60. The minimum Gasteiger partial charge on any atom is -0.383 e. The maximum Gasteiger partial charge on any atom is 0.177 e. The molecule has 1 atom stereocenters. The van der Waals surface area contributed by atoms with Gasteiger partial charge >= 0.3 is 0 Å². The first-order chi connectivity index (χ1) is 6.57. The number of nitrogens with zero attached hydrogens (tertiary/aromatic N) is 1. The van der Waals surface area contributed by atoms with Gasteiger partial charge < -0.3 is 14.3 Å². The molecule has 4 heteroatoms. The molecule has 1 rings (SSSR count). The number of imidazole rings is 1. The molecule has 1 aromatic rings. The van der Waals surface area contributed by atoms with Gasteiger partial charge in [-0.05, 0) is 25.1 Å². The first-order valence-electron chi connectivity index (χ1n) is 4.86. The molecule has 0 fully saturated rings. The molecule has 1 aromatic heterocycles. The maximum absolute atomic E-state index is 5.23. The molecule has 0 saturated heterocycles. The molecule has 0 aliphatic heterocycles. The molecule has 0 radical (unpaired) electrons. The van der Waals surface area contributed by atoms with Crippen molar-refractivity contribution in [1.29, 1.82) is 0 Å². The van der Waals surface area contributed by atoms with Gasteiger partial charge in [0.05, 0.1) is 12.6 Å². The van der Waals surface area contributed by atoms with Crippen molar-refractivity contribution in [3.8, 4) is 0 Å². The Kier molecular flexibility index (Phi) is 3.89. The maximum atomic E-state index is 5.23. The molecular weight excluding hydrogens is 196 g/mol. The topological polar surface area (TPSA) is 29.9 Å². The van der Waals surface area contributed by atoms with Crippen molar-refractivity contribution < 1.29 is 4.74 Å². The van der Waals surface area contributed by atoms with E-state index in [0.717, 1.165) is 4.77 Å². The number of aromatic nitrogens is 2. The van der Waals surface area contributed by atoms with Crippen molar-refractivity contribution in [2.24, 2.45) is 0 Å². The lowest BCUT2D eigenvalue weighted by Gasteiger charge is -2.17. The summed E-state index contributed by atoms with van der Waals surface area (Å²) in [5, 5.41) is 0. The average molecular weight is 214 g/mol. The molecule has 0 amide bonds. The lowest BCUT2D eigenvalue weighted by atomic mass is 10.1. The van der Waals surface area contributed by atoms with Crippen molar-refractivity contribution in [2.45, 2.75) is 32.7 Å². The summed E-state index contributed by atoms with van der Waals surface area (Å²) >= 11 is 5.23. The minimum absolute atomic E-state index is 0.288. The van der Waals surface area contributed by atoms with Crippen molar-refractivity contribution in [2.75, 3.05) is 13.7 Å². The van der Waals surface area contributed by atoms with Crippen LogP contribution in [0.15, 0.2) is 6.20 Å². The monoisotopic (exact) mass is 214 g/mol. The Hall–Kier alpha value is -0.610. The van der Waals surface area contributed by atoms with Gasteiger partial charge in [0, 0.05) is 19.0 Å². The molecule has 0 bridgehead atoms. The van der Waals surface area contributed by atoms with E-state index in [1.54, 1.807) is 7.11 Å².